The van der Waals surface area contributed by atoms with Crippen molar-refractivity contribution >= 4 is 39.8 Å². The molecule has 0 saturated heterocycles. The zero-order chi connectivity index (χ0) is 19.4. The summed E-state index contributed by atoms with van der Waals surface area (Å²) in [5.74, 6) is 0.570. The van der Waals surface area contributed by atoms with Crippen LogP contribution in [0.3, 0.4) is 0 Å². The summed E-state index contributed by atoms with van der Waals surface area (Å²) >= 11 is 0. The number of nitrogens with zero attached hydrogens (tertiary/aromatic N) is 1. The van der Waals surface area contributed by atoms with Crippen molar-refractivity contribution in [3.05, 3.63) is 71.0 Å². The minimum Gasteiger partial charge on any atom is -0.353 e. The van der Waals surface area contributed by atoms with Crippen LogP contribution < -0.4 is 10.6 Å². The second-order valence-corrected chi connectivity index (χ2v) is 9.05. The highest BCUT2D eigenvalue weighted by Crippen LogP contribution is 2.40. The molecule has 2 unspecified atom stereocenters. The molecule has 3 rings (SSSR count). The summed E-state index contributed by atoms with van der Waals surface area (Å²) in [7, 11) is -1.52. The lowest BCUT2D eigenvalue weighted by Crippen LogP contribution is -2.38. The topological polar surface area (TPSA) is 70.6 Å². The number of aliphatic imine (C=N–C) groups is 1. The summed E-state index contributed by atoms with van der Waals surface area (Å²) in [5.41, 5.74) is 2.50. The Kier molecular flexibility index (Phi) is 7.82. The average Bonchev–Trinajstić information content (AvgIpc) is 3.39. The van der Waals surface area contributed by atoms with Crippen LogP contribution in [0.1, 0.15) is 29.0 Å². The highest BCUT2D eigenvalue weighted by atomic mass is 127. The standard InChI is InChI=1S/C20H24FN3O2S.HI/c1-22-20(24-19-11-18(19)14-6-4-3-5-7-14)23-12-16-10-17(21)9-8-15(16)13-27(2,25)26;/h3-10,18-19H,11-13H2,1-2H3,(H2,22,23,24);1H. The van der Waals surface area contributed by atoms with Gasteiger partial charge in [0.25, 0.3) is 0 Å². The Bertz CT molecular complexity index is 936. The number of guanidine groups is 1. The second-order valence-electron chi connectivity index (χ2n) is 6.91. The van der Waals surface area contributed by atoms with Gasteiger partial charge in [-0.2, -0.15) is 0 Å². The molecule has 2 aromatic rings. The summed E-state index contributed by atoms with van der Waals surface area (Å²) in [6.07, 6.45) is 2.20. The van der Waals surface area contributed by atoms with Crippen LogP contribution in [0.2, 0.25) is 0 Å². The van der Waals surface area contributed by atoms with Gasteiger partial charge in [0.05, 0.1) is 5.75 Å². The zero-order valence-electron chi connectivity index (χ0n) is 15.9. The van der Waals surface area contributed by atoms with E-state index in [1.807, 2.05) is 18.2 Å². The summed E-state index contributed by atoms with van der Waals surface area (Å²) in [6.45, 7) is 0.297. The highest BCUT2D eigenvalue weighted by molar-refractivity contribution is 14.0. The van der Waals surface area contributed by atoms with Crippen molar-refractivity contribution in [2.24, 2.45) is 4.99 Å². The lowest BCUT2D eigenvalue weighted by atomic mass is 10.1. The molecular formula is C20H25FIN3O2S. The van der Waals surface area contributed by atoms with Gasteiger partial charge < -0.3 is 10.6 Å². The van der Waals surface area contributed by atoms with Crippen molar-refractivity contribution in [2.75, 3.05) is 13.3 Å². The lowest BCUT2D eigenvalue weighted by Gasteiger charge is -2.14. The molecule has 1 aliphatic rings. The first-order chi connectivity index (χ1) is 12.9. The molecule has 1 saturated carbocycles. The maximum absolute atomic E-state index is 13.6. The van der Waals surface area contributed by atoms with E-state index in [9.17, 15) is 12.8 Å². The number of rotatable bonds is 6. The monoisotopic (exact) mass is 517 g/mol. The normalized spacial score (nSPS) is 18.9. The molecule has 1 fully saturated rings. The first-order valence-corrected chi connectivity index (χ1v) is 10.9. The number of sulfone groups is 1. The van der Waals surface area contributed by atoms with E-state index in [4.69, 9.17) is 0 Å². The zero-order valence-corrected chi connectivity index (χ0v) is 19.0. The Hall–Kier alpha value is -1.68. The molecule has 0 bridgehead atoms. The molecule has 0 spiro atoms. The highest BCUT2D eigenvalue weighted by Gasteiger charge is 2.38. The maximum Gasteiger partial charge on any atom is 0.191 e. The van der Waals surface area contributed by atoms with E-state index in [1.54, 1.807) is 7.05 Å². The third-order valence-corrected chi connectivity index (χ3v) is 5.43. The van der Waals surface area contributed by atoms with Crippen molar-refractivity contribution in [1.29, 1.82) is 0 Å². The van der Waals surface area contributed by atoms with Crippen LogP contribution in [0.25, 0.3) is 0 Å². The predicted octanol–water partition coefficient (Wildman–Crippen LogP) is 3.21. The Morgan fingerprint density at radius 1 is 1.18 bits per heavy atom. The largest absolute Gasteiger partial charge is 0.353 e. The van der Waals surface area contributed by atoms with Crippen LogP contribution in [0.4, 0.5) is 4.39 Å². The van der Waals surface area contributed by atoms with E-state index in [0.29, 0.717) is 35.6 Å². The maximum atomic E-state index is 13.6. The van der Waals surface area contributed by atoms with Gasteiger partial charge in [-0.1, -0.05) is 36.4 Å². The van der Waals surface area contributed by atoms with E-state index in [0.717, 1.165) is 6.42 Å². The van der Waals surface area contributed by atoms with E-state index in [-0.39, 0.29) is 29.7 Å². The van der Waals surface area contributed by atoms with Crippen molar-refractivity contribution in [3.63, 3.8) is 0 Å². The first kappa shape index (κ1) is 22.6. The number of nitrogens with one attached hydrogen (secondary N) is 2. The van der Waals surface area contributed by atoms with Crippen molar-refractivity contribution in [2.45, 2.75) is 30.7 Å². The van der Waals surface area contributed by atoms with Gasteiger partial charge >= 0.3 is 0 Å². The molecule has 8 heteroatoms. The SMILES string of the molecule is CN=C(NCc1cc(F)ccc1CS(C)(=O)=O)NC1CC1c1ccccc1.I. The number of benzene rings is 2. The fourth-order valence-electron chi connectivity index (χ4n) is 3.15. The minimum absolute atomic E-state index is 0. The van der Waals surface area contributed by atoms with Gasteiger partial charge in [0.1, 0.15) is 5.82 Å². The minimum atomic E-state index is -3.20. The van der Waals surface area contributed by atoms with Gasteiger partial charge in [0.2, 0.25) is 0 Å². The fraction of sp³-hybridized carbons (Fsp3) is 0.350. The third-order valence-electron chi connectivity index (χ3n) is 4.60. The quantitative estimate of drug-likeness (QED) is 0.351. The van der Waals surface area contributed by atoms with Crippen LogP contribution in [-0.4, -0.2) is 33.7 Å². The summed E-state index contributed by atoms with van der Waals surface area (Å²) < 4.78 is 36.8. The molecule has 2 N–H and O–H groups in total. The number of halogens is 2. The molecule has 0 aliphatic heterocycles. The van der Waals surface area contributed by atoms with E-state index in [2.05, 4.69) is 27.8 Å². The fourth-order valence-corrected chi connectivity index (χ4v) is 4.00. The summed E-state index contributed by atoms with van der Waals surface area (Å²) in [5, 5.41) is 6.53. The van der Waals surface area contributed by atoms with Crippen LogP contribution in [0, 0.1) is 5.82 Å². The van der Waals surface area contributed by atoms with Crippen molar-refractivity contribution in [1.82, 2.24) is 10.6 Å². The van der Waals surface area contributed by atoms with Crippen molar-refractivity contribution in [3.8, 4) is 0 Å². The molecule has 0 aromatic heterocycles. The Morgan fingerprint density at radius 2 is 1.89 bits per heavy atom. The summed E-state index contributed by atoms with van der Waals surface area (Å²) in [6, 6.07) is 14.8. The first-order valence-electron chi connectivity index (χ1n) is 8.83. The van der Waals surface area contributed by atoms with Crippen molar-refractivity contribution < 1.29 is 12.8 Å². The van der Waals surface area contributed by atoms with E-state index < -0.39 is 15.7 Å². The predicted molar refractivity (Wildman–Crippen MR) is 121 cm³/mol. The molecule has 5 nitrogen and oxygen atoms in total. The second kappa shape index (κ2) is 9.69. The van der Waals surface area contributed by atoms with Gasteiger partial charge in [-0.15, -0.1) is 24.0 Å². The molecule has 0 radical (unpaired) electrons. The molecule has 2 aromatic carbocycles. The molecule has 28 heavy (non-hydrogen) atoms. The van der Waals surface area contributed by atoms with Gasteiger partial charge in [-0.3, -0.25) is 4.99 Å². The molecule has 0 heterocycles. The molecule has 2 atom stereocenters. The Labute approximate surface area is 182 Å². The smallest absolute Gasteiger partial charge is 0.191 e. The molecule has 0 amide bonds. The molecule has 1 aliphatic carbocycles. The van der Waals surface area contributed by atoms with Crippen LogP contribution in [-0.2, 0) is 22.1 Å². The molecule has 152 valence electrons. The third kappa shape index (κ3) is 6.44. The average molecular weight is 517 g/mol. The van der Waals surface area contributed by atoms with Gasteiger partial charge in [0.15, 0.2) is 15.8 Å². The van der Waals surface area contributed by atoms with E-state index in [1.165, 1.54) is 30.0 Å². The summed E-state index contributed by atoms with van der Waals surface area (Å²) in [4.78, 5) is 4.22. The number of hydrogen-bond donors (Lipinski definition) is 2. The van der Waals surface area contributed by atoms with E-state index >= 15 is 0 Å². The van der Waals surface area contributed by atoms with Crippen LogP contribution in [0.5, 0.6) is 0 Å². The van der Waals surface area contributed by atoms with Crippen LogP contribution >= 0.6 is 24.0 Å². The Balaban J connectivity index is 0.00000280. The lowest BCUT2D eigenvalue weighted by molar-refractivity contribution is 0.599. The molecular weight excluding hydrogens is 492 g/mol. The van der Waals surface area contributed by atoms with Gasteiger partial charge in [-0.25, -0.2) is 12.8 Å². The Morgan fingerprint density at radius 3 is 2.54 bits per heavy atom. The van der Waals surface area contributed by atoms with Gasteiger partial charge in [-0.05, 0) is 35.2 Å². The van der Waals surface area contributed by atoms with Gasteiger partial charge in [0, 0.05) is 31.8 Å². The number of hydrogen-bond acceptors (Lipinski definition) is 3. The van der Waals surface area contributed by atoms with Crippen LogP contribution in [0.15, 0.2) is 53.5 Å².